The van der Waals surface area contributed by atoms with Crippen LogP contribution in [0.25, 0.3) is 20.8 Å². The highest BCUT2D eigenvalue weighted by Gasteiger charge is 2.34. The molecule has 2 heterocycles. The number of aromatic nitrogens is 3. The van der Waals surface area contributed by atoms with Crippen molar-refractivity contribution in [1.82, 2.24) is 15.0 Å². The first-order valence-corrected chi connectivity index (χ1v) is 12.6. The Kier molecular flexibility index (Phi) is 6.90. The monoisotopic (exact) mass is 507 g/mol. The number of rotatable bonds is 8. The van der Waals surface area contributed by atoms with Crippen molar-refractivity contribution in [2.75, 3.05) is 31.5 Å². The van der Waals surface area contributed by atoms with E-state index in [1.807, 2.05) is 49.4 Å². The van der Waals surface area contributed by atoms with Crippen molar-refractivity contribution in [2.45, 2.75) is 31.9 Å². The minimum Gasteiger partial charge on any atom is -0.493 e. The molecule has 4 N–H and O–H groups in total. The van der Waals surface area contributed by atoms with Gasteiger partial charge in [0.25, 0.3) is 0 Å². The zero-order valence-corrected chi connectivity index (χ0v) is 21.2. The summed E-state index contributed by atoms with van der Waals surface area (Å²) in [6.07, 6.45) is 0.600. The minimum absolute atomic E-state index is 0.0463. The first-order valence-electron chi connectivity index (χ1n) is 11.8. The Bertz CT molecular complexity index is 1340. The van der Waals surface area contributed by atoms with E-state index in [0.29, 0.717) is 41.8 Å². The summed E-state index contributed by atoms with van der Waals surface area (Å²) in [6, 6.07) is 13.3. The van der Waals surface area contributed by atoms with Crippen molar-refractivity contribution >= 4 is 39.0 Å². The van der Waals surface area contributed by atoms with Gasteiger partial charge in [-0.15, -0.1) is 11.3 Å². The summed E-state index contributed by atoms with van der Waals surface area (Å²) in [5.41, 5.74) is 3.10. The molecule has 2 aromatic carbocycles. The lowest BCUT2D eigenvalue weighted by Crippen LogP contribution is -2.29. The van der Waals surface area contributed by atoms with Crippen LogP contribution in [0.15, 0.2) is 42.5 Å². The average Bonchev–Trinajstić information content (AvgIpc) is 3.46. The Morgan fingerprint density at radius 1 is 1.03 bits per heavy atom. The molecule has 1 aliphatic carbocycles. The molecule has 4 aromatic rings. The molecule has 1 fully saturated rings. The number of nitrogens with one attached hydrogen (secondary N) is 2. The molecule has 1 saturated carbocycles. The number of aliphatic hydroxyl groups is 2. The third kappa shape index (κ3) is 4.67. The van der Waals surface area contributed by atoms with Gasteiger partial charge in [-0.25, -0.2) is 9.97 Å². The largest absolute Gasteiger partial charge is 0.493 e. The number of benzene rings is 2. The van der Waals surface area contributed by atoms with Gasteiger partial charge in [0, 0.05) is 6.61 Å². The highest BCUT2D eigenvalue weighted by molar-refractivity contribution is 7.21. The van der Waals surface area contributed by atoms with Crippen LogP contribution in [0.3, 0.4) is 0 Å². The number of thiazole rings is 1. The molecule has 0 aliphatic heterocycles. The standard InChI is InChI=1S/C26H29N5O4S/c1-14-22(25-29-16-7-4-5-10-21(16)36-25)24(28-18-11-15(13-32)12-19(18)33)31-26(27-14)30-17-8-6-9-20(34-2)23(17)35-3/h4-10,15,18-19,32-33H,11-13H2,1-3H3,(H2,27,28,30,31)/t15-,18+,19+/m0/s1. The van der Waals surface area contributed by atoms with E-state index < -0.39 is 6.10 Å². The van der Waals surface area contributed by atoms with Crippen LogP contribution in [-0.4, -0.2) is 58.1 Å². The van der Waals surface area contributed by atoms with Crippen molar-refractivity contribution in [3.05, 3.63) is 48.2 Å². The number of fused-ring (bicyclic) bond motifs is 1. The predicted octanol–water partition coefficient (Wildman–Crippen LogP) is 4.37. The van der Waals surface area contributed by atoms with Crippen molar-refractivity contribution < 1.29 is 19.7 Å². The van der Waals surface area contributed by atoms with Gasteiger partial charge in [0.15, 0.2) is 11.5 Å². The van der Waals surface area contributed by atoms with Crippen LogP contribution < -0.4 is 20.1 Å². The molecule has 10 heteroatoms. The van der Waals surface area contributed by atoms with Gasteiger partial charge in [-0.3, -0.25) is 0 Å². The van der Waals surface area contributed by atoms with Crippen LogP contribution in [0.2, 0.25) is 0 Å². The topological polar surface area (TPSA) is 122 Å². The lowest BCUT2D eigenvalue weighted by molar-refractivity contribution is 0.157. The van der Waals surface area contributed by atoms with Crippen LogP contribution in [0.4, 0.5) is 17.5 Å². The number of methoxy groups -OCH3 is 2. The molecule has 0 bridgehead atoms. The van der Waals surface area contributed by atoms with Crippen LogP contribution in [-0.2, 0) is 0 Å². The second-order valence-corrected chi connectivity index (χ2v) is 9.88. The van der Waals surface area contributed by atoms with E-state index in [-0.39, 0.29) is 18.6 Å². The maximum absolute atomic E-state index is 10.7. The third-order valence-corrected chi connectivity index (χ3v) is 7.51. The zero-order valence-electron chi connectivity index (χ0n) is 20.4. The lowest BCUT2D eigenvalue weighted by atomic mass is 10.1. The molecule has 188 valence electrons. The Hall–Kier alpha value is -3.47. The van der Waals surface area contributed by atoms with E-state index in [4.69, 9.17) is 24.4 Å². The summed E-state index contributed by atoms with van der Waals surface area (Å²) >= 11 is 1.57. The molecular weight excluding hydrogens is 478 g/mol. The van der Waals surface area contributed by atoms with Gasteiger partial charge in [0.2, 0.25) is 5.95 Å². The Morgan fingerprint density at radius 3 is 2.58 bits per heavy atom. The van der Waals surface area contributed by atoms with Gasteiger partial charge in [0.05, 0.1) is 53.5 Å². The SMILES string of the molecule is COc1cccc(Nc2nc(C)c(-c3nc4ccccc4s3)c(N[C@@H]3C[C@H](CO)C[C@H]3O)n2)c1OC. The summed E-state index contributed by atoms with van der Waals surface area (Å²) in [4.78, 5) is 14.4. The molecule has 9 nitrogen and oxygen atoms in total. The molecule has 0 saturated heterocycles. The van der Waals surface area contributed by atoms with E-state index in [1.165, 1.54) is 0 Å². The van der Waals surface area contributed by atoms with Gasteiger partial charge in [-0.2, -0.15) is 4.98 Å². The Labute approximate surface area is 213 Å². The fourth-order valence-corrected chi connectivity index (χ4v) is 5.74. The summed E-state index contributed by atoms with van der Waals surface area (Å²) < 4.78 is 12.0. The fourth-order valence-electron chi connectivity index (χ4n) is 4.67. The molecule has 36 heavy (non-hydrogen) atoms. The van der Waals surface area contributed by atoms with Gasteiger partial charge in [0.1, 0.15) is 10.8 Å². The number of aliphatic hydroxyl groups excluding tert-OH is 2. The second kappa shape index (κ2) is 10.3. The maximum atomic E-state index is 10.7. The smallest absolute Gasteiger partial charge is 0.229 e. The molecule has 0 spiro atoms. The van der Waals surface area contributed by atoms with E-state index in [0.717, 1.165) is 26.5 Å². The lowest BCUT2D eigenvalue weighted by Gasteiger charge is -2.21. The van der Waals surface area contributed by atoms with Crippen molar-refractivity contribution in [1.29, 1.82) is 0 Å². The first kappa shape index (κ1) is 24.2. The van der Waals surface area contributed by atoms with Crippen LogP contribution in [0.5, 0.6) is 11.5 Å². The number of para-hydroxylation sites is 2. The minimum atomic E-state index is -0.587. The molecule has 0 radical (unpaired) electrons. The fraction of sp³-hybridized carbons (Fsp3) is 0.346. The second-order valence-electron chi connectivity index (χ2n) is 8.85. The van der Waals surface area contributed by atoms with Crippen LogP contribution in [0.1, 0.15) is 18.5 Å². The molecule has 1 aliphatic rings. The highest BCUT2D eigenvalue weighted by Crippen LogP contribution is 2.40. The van der Waals surface area contributed by atoms with Gasteiger partial charge in [-0.1, -0.05) is 18.2 Å². The number of hydrogen-bond donors (Lipinski definition) is 4. The number of anilines is 3. The maximum Gasteiger partial charge on any atom is 0.229 e. The summed E-state index contributed by atoms with van der Waals surface area (Å²) in [6.45, 7) is 1.97. The van der Waals surface area contributed by atoms with E-state index in [2.05, 4.69) is 10.6 Å². The highest BCUT2D eigenvalue weighted by atomic mass is 32.1. The van der Waals surface area contributed by atoms with Gasteiger partial charge < -0.3 is 30.3 Å². The molecule has 3 atom stereocenters. The number of aryl methyl sites for hydroxylation is 1. The third-order valence-electron chi connectivity index (χ3n) is 6.45. The first-order chi connectivity index (χ1) is 17.5. The molecular formula is C26H29N5O4S. The predicted molar refractivity (Wildman–Crippen MR) is 141 cm³/mol. The molecule has 0 unspecified atom stereocenters. The normalized spacial score (nSPS) is 19.4. The average molecular weight is 508 g/mol. The zero-order chi connectivity index (χ0) is 25.2. The molecule has 5 rings (SSSR count). The quantitative estimate of drug-likeness (QED) is 0.275. The van der Waals surface area contributed by atoms with Crippen molar-refractivity contribution in [3.8, 4) is 22.1 Å². The number of hydrogen-bond acceptors (Lipinski definition) is 10. The van der Waals surface area contributed by atoms with E-state index in [9.17, 15) is 10.2 Å². The molecule has 0 amide bonds. The number of ether oxygens (including phenoxy) is 2. The van der Waals surface area contributed by atoms with Crippen molar-refractivity contribution in [3.63, 3.8) is 0 Å². The van der Waals surface area contributed by atoms with E-state index >= 15 is 0 Å². The van der Waals surface area contributed by atoms with Crippen LogP contribution >= 0.6 is 11.3 Å². The molecule has 2 aromatic heterocycles. The summed E-state index contributed by atoms with van der Waals surface area (Å²) in [7, 11) is 3.17. The summed E-state index contributed by atoms with van der Waals surface area (Å²) in [5.74, 6) is 2.13. The summed E-state index contributed by atoms with van der Waals surface area (Å²) in [5, 5.41) is 27.8. The number of nitrogens with zero attached hydrogens (tertiary/aromatic N) is 3. The van der Waals surface area contributed by atoms with Crippen molar-refractivity contribution in [2.24, 2.45) is 5.92 Å². The van der Waals surface area contributed by atoms with Gasteiger partial charge in [-0.05, 0) is 49.9 Å². The van der Waals surface area contributed by atoms with Crippen LogP contribution in [0, 0.1) is 12.8 Å². The van der Waals surface area contributed by atoms with E-state index in [1.54, 1.807) is 25.6 Å². The van der Waals surface area contributed by atoms with Gasteiger partial charge >= 0.3 is 0 Å². The Morgan fingerprint density at radius 2 is 1.86 bits per heavy atom. The Balaban J connectivity index is 1.57.